The van der Waals surface area contributed by atoms with E-state index >= 15 is 0 Å². The molecular formula is C16H21N3O2. The first-order valence-corrected chi connectivity index (χ1v) is 7.36. The fraction of sp³-hybridized carbons (Fsp3) is 0.438. The Bertz CT molecular complexity index is 559. The van der Waals surface area contributed by atoms with Gasteiger partial charge in [0.1, 0.15) is 5.76 Å². The second-order valence-corrected chi connectivity index (χ2v) is 5.30. The summed E-state index contributed by atoms with van der Waals surface area (Å²) in [4.78, 5) is 2.36. The molecule has 0 aliphatic carbocycles. The van der Waals surface area contributed by atoms with Crippen LogP contribution in [0.25, 0.3) is 0 Å². The van der Waals surface area contributed by atoms with Gasteiger partial charge < -0.3 is 19.5 Å². The number of aryl methyl sites for hydroxylation is 1. The minimum atomic E-state index is 0.725. The predicted octanol–water partition coefficient (Wildman–Crippen LogP) is 2.11. The zero-order valence-electron chi connectivity index (χ0n) is 12.3. The first-order valence-electron chi connectivity index (χ1n) is 7.36. The highest BCUT2D eigenvalue weighted by molar-refractivity contribution is 5.47. The van der Waals surface area contributed by atoms with Gasteiger partial charge in [0, 0.05) is 37.9 Å². The third-order valence-corrected chi connectivity index (χ3v) is 3.62. The lowest BCUT2D eigenvalue weighted by molar-refractivity contribution is 0.122. The van der Waals surface area contributed by atoms with E-state index in [2.05, 4.69) is 39.6 Å². The van der Waals surface area contributed by atoms with Gasteiger partial charge in [-0.15, -0.1) is 0 Å². The topological polar surface area (TPSA) is 50.5 Å². The summed E-state index contributed by atoms with van der Waals surface area (Å²) in [5.41, 5.74) is 3.49. The van der Waals surface area contributed by atoms with E-state index in [1.165, 1.54) is 11.3 Å². The SMILES string of the molecule is Cc1cc(CNCc2ccc(N3CCOCC3)cc2)no1. The van der Waals surface area contributed by atoms with Crippen LogP contribution in [0.15, 0.2) is 34.9 Å². The summed E-state index contributed by atoms with van der Waals surface area (Å²) in [5, 5.41) is 7.34. The maximum Gasteiger partial charge on any atom is 0.133 e. The standard InChI is InChI=1S/C16H21N3O2/c1-13-10-15(18-21-13)12-17-11-14-2-4-16(5-3-14)19-6-8-20-9-7-19/h2-5,10,17H,6-9,11-12H2,1H3. The normalized spacial score (nSPS) is 15.4. The van der Waals surface area contributed by atoms with Crippen LogP contribution >= 0.6 is 0 Å². The molecule has 0 radical (unpaired) electrons. The Labute approximate surface area is 124 Å². The number of ether oxygens (including phenoxy) is 1. The summed E-state index contributed by atoms with van der Waals surface area (Å²) >= 11 is 0. The molecule has 1 fully saturated rings. The minimum Gasteiger partial charge on any atom is -0.378 e. The lowest BCUT2D eigenvalue weighted by atomic mass is 10.2. The Balaban J connectivity index is 1.49. The van der Waals surface area contributed by atoms with Gasteiger partial charge >= 0.3 is 0 Å². The maximum atomic E-state index is 5.38. The molecule has 1 aromatic heterocycles. The lowest BCUT2D eigenvalue weighted by Crippen LogP contribution is -2.36. The van der Waals surface area contributed by atoms with Crippen molar-refractivity contribution in [2.45, 2.75) is 20.0 Å². The van der Waals surface area contributed by atoms with Gasteiger partial charge in [-0.2, -0.15) is 0 Å². The highest BCUT2D eigenvalue weighted by Gasteiger charge is 2.10. The Hall–Kier alpha value is -1.85. The highest BCUT2D eigenvalue weighted by Crippen LogP contribution is 2.16. The van der Waals surface area contributed by atoms with E-state index in [4.69, 9.17) is 9.26 Å². The van der Waals surface area contributed by atoms with E-state index in [0.717, 1.165) is 50.8 Å². The number of morpholine rings is 1. The molecule has 0 amide bonds. The fourth-order valence-corrected chi connectivity index (χ4v) is 2.48. The van der Waals surface area contributed by atoms with Crippen molar-refractivity contribution in [1.29, 1.82) is 0 Å². The third kappa shape index (κ3) is 3.83. The second kappa shape index (κ2) is 6.74. The average Bonchev–Trinajstić information content (AvgIpc) is 2.94. The van der Waals surface area contributed by atoms with E-state index in [-0.39, 0.29) is 0 Å². The summed E-state index contributed by atoms with van der Waals surface area (Å²) in [7, 11) is 0. The van der Waals surface area contributed by atoms with Gasteiger partial charge in [0.05, 0.1) is 18.9 Å². The van der Waals surface area contributed by atoms with Gasteiger partial charge in [0.15, 0.2) is 0 Å². The molecule has 0 saturated carbocycles. The Morgan fingerprint density at radius 3 is 2.57 bits per heavy atom. The second-order valence-electron chi connectivity index (χ2n) is 5.30. The van der Waals surface area contributed by atoms with Crippen molar-refractivity contribution < 1.29 is 9.26 Å². The van der Waals surface area contributed by atoms with Crippen LogP contribution in [-0.2, 0) is 17.8 Å². The average molecular weight is 287 g/mol. The molecule has 112 valence electrons. The van der Waals surface area contributed by atoms with Gasteiger partial charge in [0.25, 0.3) is 0 Å². The Kier molecular flexibility index (Phi) is 4.52. The molecular weight excluding hydrogens is 266 g/mol. The quantitative estimate of drug-likeness (QED) is 0.913. The number of hydrogen-bond acceptors (Lipinski definition) is 5. The monoisotopic (exact) mass is 287 g/mol. The van der Waals surface area contributed by atoms with Crippen LogP contribution in [0, 0.1) is 6.92 Å². The number of rotatable bonds is 5. The van der Waals surface area contributed by atoms with Crippen molar-refractivity contribution in [3.63, 3.8) is 0 Å². The van der Waals surface area contributed by atoms with Crippen LogP contribution in [0.3, 0.4) is 0 Å². The molecule has 1 N–H and O–H groups in total. The molecule has 1 aliphatic rings. The highest BCUT2D eigenvalue weighted by atomic mass is 16.5. The zero-order valence-corrected chi connectivity index (χ0v) is 12.3. The van der Waals surface area contributed by atoms with Crippen molar-refractivity contribution in [2.75, 3.05) is 31.2 Å². The summed E-state index contributed by atoms with van der Waals surface area (Å²) in [6.07, 6.45) is 0. The summed E-state index contributed by atoms with van der Waals surface area (Å²) in [5.74, 6) is 0.849. The van der Waals surface area contributed by atoms with Crippen molar-refractivity contribution in [3.8, 4) is 0 Å². The largest absolute Gasteiger partial charge is 0.378 e. The van der Waals surface area contributed by atoms with E-state index in [0.29, 0.717) is 0 Å². The fourth-order valence-electron chi connectivity index (χ4n) is 2.48. The lowest BCUT2D eigenvalue weighted by Gasteiger charge is -2.28. The molecule has 3 rings (SSSR count). The molecule has 1 aromatic carbocycles. The molecule has 2 aromatic rings. The number of anilines is 1. The van der Waals surface area contributed by atoms with Crippen LogP contribution in [-0.4, -0.2) is 31.5 Å². The van der Waals surface area contributed by atoms with E-state index in [1.807, 2.05) is 13.0 Å². The molecule has 1 aliphatic heterocycles. The third-order valence-electron chi connectivity index (χ3n) is 3.62. The first-order chi connectivity index (χ1) is 10.3. The summed E-state index contributed by atoms with van der Waals surface area (Å²) in [6, 6.07) is 10.7. The summed E-state index contributed by atoms with van der Waals surface area (Å²) in [6.45, 7) is 7.05. The minimum absolute atomic E-state index is 0.725. The van der Waals surface area contributed by atoms with Gasteiger partial charge in [-0.1, -0.05) is 17.3 Å². The molecule has 0 bridgehead atoms. The molecule has 0 unspecified atom stereocenters. The number of hydrogen-bond donors (Lipinski definition) is 1. The number of nitrogens with one attached hydrogen (secondary N) is 1. The Morgan fingerprint density at radius 2 is 1.90 bits per heavy atom. The van der Waals surface area contributed by atoms with Crippen molar-refractivity contribution in [3.05, 3.63) is 47.3 Å². The Morgan fingerprint density at radius 1 is 1.14 bits per heavy atom. The van der Waals surface area contributed by atoms with Crippen LogP contribution in [0.2, 0.25) is 0 Å². The van der Waals surface area contributed by atoms with Crippen LogP contribution in [0.5, 0.6) is 0 Å². The molecule has 2 heterocycles. The number of benzene rings is 1. The van der Waals surface area contributed by atoms with E-state index in [1.54, 1.807) is 0 Å². The van der Waals surface area contributed by atoms with Gasteiger partial charge in [0.2, 0.25) is 0 Å². The van der Waals surface area contributed by atoms with Gasteiger partial charge in [-0.3, -0.25) is 0 Å². The van der Waals surface area contributed by atoms with Crippen LogP contribution in [0.1, 0.15) is 17.0 Å². The molecule has 0 atom stereocenters. The van der Waals surface area contributed by atoms with Crippen LogP contribution < -0.4 is 10.2 Å². The van der Waals surface area contributed by atoms with Gasteiger partial charge in [-0.25, -0.2) is 0 Å². The van der Waals surface area contributed by atoms with Crippen molar-refractivity contribution in [2.24, 2.45) is 0 Å². The number of nitrogens with zero attached hydrogens (tertiary/aromatic N) is 2. The molecule has 5 nitrogen and oxygen atoms in total. The molecule has 1 saturated heterocycles. The first kappa shape index (κ1) is 14.1. The van der Waals surface area contributed by atoms with Crippen LogP contribution in [0.4, 0.5) is 5.69 Å². The maximum absolute atomic E-state index is 5.38. The summed E-state index contributed by atoms with van der Waals surface area (Å²) < 4.78 is 10.4. The number of aromatic nitrogens is 1. The van der Waals surface area contributed by atoms with Crippen molar-refractivity contribution >= 4 is 5.69 Å². The predicted molar refractivity (Wildman–Crippen MR) is 81.3 cm³/mol. The molecule has 5 heteroatoms. The molecule has 21 heavy (non-hydrogen) atoms. The molecule has 0 spiro atoms. The van der Waals surface area contributed by atoms with Gasteiger partial charge in [-0.05, 0) is 24.6 Å². The van der Waals surface area contributed by atoms with E-state index < -0.39 is 0 Å². The smallest absolute Gasteiger partial charge is 0.133 e. The van der Waals surface area contributed by atoms with E-state index in [9.17, 15) is 0 Å². The van der Waals surface area contributed by atoms with Crippen molar-refractivity contribution in [1.82, 2.24) is 10.5 Å². The zero-order chi connectivity index (χ0) is 14.5.